The zero-order valence-electron chi connectivity index (χ0n) is 11.5. The molecule has 0 aliphatic rings. The molecule has 4 heteroatoms. The Hall–Kier alpha value is -1.94. The van der Waals surface area contributed by atoms with Crippen molar-refractivity contribution in [3.05, 3.63) is 65.2 Å². The van der Waals surface area contributed by atoms with Gasteiger partial charge in [-0.1, -0.05) is 18.2 Å². The maximum atomic E-state index is 13.7. The maximum absolute atomic E-state index is 13.7. The van der Waals surface area contributed by atoms with E-state index in [2.05, 4.69) is 0 Å². The average Bonchev–Trinajstić information content (AvgIpc) is 2.43. The van der Waals surface area contributed by atoms with Crippen LogP contribution in [0.2, 0.25) is 0 Å². The molecular formula is C16H17F2NO. The van der Waals surface area contributed by atoms with Gasteiger partial charge < -0.3 is 10.5 Å². The number of ether oxygens (including phenoxy) is 1. The van der Waals surface area contributed by atoms with Crippen molar-refractivity contribution in [3.8, 4) is 5.75 Å². The molecular weight excluding hydrogens is 260 g/mol. The first-order valence-electron chi connectivity index (χ1n) is 6.30. The molecule has 0 bridgehead atoms. The number of methoxy groups -OCH3 is 1. The molecule has 20 heavy (non-hydrogen) atoms. The van der Waals surface area contributed by atoms with E-state index < -0.39 is 17.2 Å². The highest BCUT2D eigenvalue weighted by Crippen LogP contribution is 2.27. The first-order chi connectivity index (χ1) is 9.44. The summed E-state index contributed by atoms with van der Waals surface area (Å²) in [6.07, 6.45) is 0.0681. The van der Waals surface area contributed by atoms with Crippen LogP contribution in [-0.2, 0) is 12.0 Å². The fourth-order valence-corrected chi connectivity index (χ4v) is 2.15. The predicted octanol–water partition coefficient (Wildman–Crippen LogP) is 3.39. The van der Waals surface area contributed by atoms with Crippen LogP contribution >= 0.6 is 0 Å². The Balaban J connectivity index is 2.35. The normalized spacial score (nSPS) is 13.8. The molecule has 0 saturated carbocycles. The second-order valence-corrected chi connectivity index (χ2v) is 5.03. The van der Waals surface area contributed by atoms with E-state index in [0.29, 0.717) is 5.75 Å². The highest BCUT2D eigenvalue weighted by molar-refractivity contribution is 5.35. The minimum absolute atomic E-state index is 0.000296. The summed E-state index contributed by atoms with van der Waals surface area (Å²) in [5.74, 6) is -0.498. The van der Waals surface area contributed by atoms with Crippen LogP contribution in [0, 0.1) is 11.6 Å². The van der Waals surface area contributed by atoms with E-state index in [0.717, 1.165) is 5.56 Å². The Kier molecular flexibility index (Phi) is 4.04. The number of halogens is 2. The standard InChI is InChI=1S/C16H17F2NO/c1-16(19,11-5-3-6-12(9-11)20-2)10-13-14(17)7-4-8-15(13)18/h3-9H,10,19H2,1-2H3. The van der Waals surface area contributed by atoms with E-state index in [9.17, 15) is 8.78 Å². The lowest BCUT2D eigenvalue weighted by Crippen LogP contribution is -2.36. The Bertz CT molecular complexity index is 591. The molecule has 0 aromatic heterocycles. The first-order valence-corrected chi connectivity index (χ1v) is 6.30. The first kappa shape index (κ1) is 14.5. The van der Waals surface area contributed by atoms with Gasteiger partial charge in [-0.2, -0.15) is 0 Å². The molecule has 2 rings (SSSR count). The molecule has 0 radical (unpaired) electrons. The summed E-state index contributed by atoms with van der Waals surface area (Å²) in [5, 5.41) is 0. The summed E-state index contributed by atoms with van der Waals surface area (Å²) in [7, 11) is 1.56. The smallest absolute Gasteiger partial charge is 0.129 e. The van der Waals surface area contributed by atoms with Crippen LogP contribution in [0.3, 0.4) is 0 Å². The van der Waals surface area contributed by atoms with Crippen molar-refractivity contribution in [2.45, 2.75) is 18.9 Å². The fraction of sp³-hybridized carbons (Fsp3) is 0.250. The highest BCUT2D eigenvalue weighted by atomic mass is 19.1. The van der Waals surface area contributed by atoms with Crippen molar-refractivity contribution in [2.75, 3.05) is 7.11 Å². The van der Waals surface area contributed by atoms with Gasteiger partial charge in [0.1, 0.15) is 17.4 Å². The van der Waals surface area contributed by atoms with Crippen molar-refractivity contribution in [3.63, 3.8) is 0 Å². The lowest BCUT2D eigenvalue weighted by atomic mass is 9.86. The minimum Gasteiger partial charge on any atom is -0.497 e. The third-order valence-electron chi connectivity index (χ3n) is 3.33. The second-order valence-electron chi connectivity index (χ2n) is 5.03. The van der Waals surface area contributed by atoms with E-state index in [1.165, 1.54) is 18.2 Å². The summed E-state index contributed by atoms with van der Waals surface area (Å²) in [6, 6.07) is 11.0. The predicted molar refractivity (Wildman–Crippen MR) is 74.6 cm³/mol. The molecule has 2 aromatic carbocycles. The number of hydrogen-bond donors (Lipinski definition) is 1. The van der Waals surface area contributed by atoms with Crippen LogP contribution in [-0.4, -0.2) is 7.11 Å². The minimum atomic E-state index is -0.891. The number of benzene rings is 2. The topological polar surface area (TPSA) is 35.2 Å². The summed E-state index contributed by atoms with van der Waals surface area (Å²) >= 11 is 0. The van der Waals surface area contributed by atoms with Gasteiger partial charge in [0.15, 0.2) is 0 Å². The zero-order valence-corrected chi connectivity index (χ0v) is 11.5. The van der Waals surface area contributed by atoms with Crippen LogP contribution in [0.25, 0.3) is 0 Å². The lowest BCUT2D eigenvalue weighted by molar-refractivity contribution is 0.409. The van der Waals surface area contributed by atoms with Crippen LogP contribution < -0.4 is 10.5 Å². The molecule has 0 fully saturated rings. The monoisotopic (exact) mass is 277 g/mol. The van der Waals surface area contributed by atoms with E-state index in [4.69, 9.17) is 10.5 Å². The third-order valence-corrected chi connectivity index (χ3v) is 3.33. The van der Waals surface area contributed by atoms with Gasteiger partial charge in [-0.3, -0.25) is 0 Å². The van der Waals surface area contributed by atoms with Crippen LogP contribution in [0.1, 0.15) is 18.1 Å². The van der Waals surface area contributed by atoms with E-state index in [1.807, 2.05) is 6.07 Å². The average molecular weight is 277 g/mol. The molecule has 0 spiro atoms. The van der Waals surface area contributed by atoms with E-state index >= 15 is 0 Å². The third kappa shape index (κ3) is 2.96. The molecule has 2 aromatic rings. The number of rotatable bonds is 4. The van der Waals surface area contributed by atoms with Gasteiger partial charge in [0.25, 0.3) is 0 Å². The SMILES string of the molecule is COc1cccc(C(C)(N)Cc2c(F)cccc2F)c1. The van der Waals surface area contributed by atoms with Gasteiger partial charge >= 0.3 is 0 Å². The Morgan fingerprint density at radius 2 is 1.70 bits per heavy atom. The van der Waals surface area contributed by atoms with Crippen molar-refractivity contribution >= 4 is 0 Å². The van der Waals surface area contributed by atoms with Crippen molar-refractivity contribution in [1.82, 2.24) is 0 Å². The van der Waals surface area contributed by atoms with Crippen molar-refractivity contribution in [2.24, 2.45) is 5.73 Å². The number of hydrogen-bond acceptors (Lipinski definition) is 2. The Morgan fingerprint density at radius 1 is 1.10 bits per heavy atom. The summed E-state index contributed by atoms with van der Waals surface area (Å²) in [5.41, 5.74) is 6.11. The van der Waals surface area contributed by atoms with Gasteiger partial charge in [-0.25, -0.2) is 8.78 Å². The van der Waals surface area contributed by atoms with Crippen molar-refractivity contribution in [1.29, 1.82) is 0 Å². The van der Waals surface area contributed by atoms with E-state index in [1.54, 1.807) is 32.2 Å². The quantitative estimate of drug-likeness (QED) is 0.929. The molecule has 106 valence electrons. The van der Waals surface area contributed by atoms with Crippen LogP contribution in [0.4, 0.5) is 8.78 Å². The van der Waals surface area contributed by atoms with E-state index in [-0.39, 0.29) is 12.0 Å². The summed E-state index contributed by atoms with van der Waals surface area (Å²) in [6.45, 7) is 1.74. The number of nitrogens with two attached hydrogens (primary N) is 1. The zero-order chi connectivity index (χ0) is 14.8. The highest BCUT2D eigenvalue weighted by Gasteiger charge is 2.25. The summed E-state index contributed by atoms with van der Waals surface area (Å²) < 4.78 is 32.6. The Morgan fingerprint density at radius 3 is 2.30 bits per heavy atom. The Labute approximate surface area is 117 Å². The van der Waals surface area contributed by atoms with Gasteiger partial charge in [-0.15, -0.1) is 0 Å². The van der Waals surface area contributed by atoms with Gasteiger partial charge in [-0.05, 0) is 36.8 Å². The summed E-state index contributed by atoms with van der Waals surface area (Å²) in [4.78, 5) is 0. The van der Waals surface area contributed by atoms with Crippen LogP contribution in [0.15, 0.2) is 42.5 Å². The molecule has 0 amide bonds. The molecule has 0 saturated heterocycles. The van der Waals surface area contributed by atoms with Crippen molar-refractivity contribution < 1.29 is 13.5 Å². The molecule has 0 aliphatic heterocycles. The van der Waals surface area contributed by atoms with Gasteiger partial charge in [0.05, 0.1) is 7.11 Å². The largest absolute Gasteiger partial charge is 0.497 e. The fourth-order valence-electron chi connectivity index (χ4n) is 2.15. The van der Waals surface area contributed by atoms with Crippen LogP contribution in [0.5, 0.6) is 5.75 Å². The molecule has 0 heterocycles. The molecule has 1 unspecified atom stereocenters. The molecule has 0 aliphatic carbocycles. The molecule has 1 atom stereocenters. The van der Waals surface area contributed by atoms with Gasteiger partial charge in [0, 0.05) is 17.5 Å². The lowest BCUT2D eigenvalue weighted by Gasteiger charge is -2.26. The molecule has 2 nitrogen and oxygen atoms in total. The second kappa shape index (κ2) is 5.59. The maximum Gasteiger partial charge on any atom is 0.129 e. The van der Waals surface area contributed by atoms with Gasteiger partial charge in [0.2, 0.25) is 0 Å². The molecule has 2 N–H and O–H groups in total.